The Kier molecular flexibility index (Phi) is 30.3. The number of carbonyl (C=O) groups excluding carboxylic acids is 1. The molecule has 1 rings (SSSR count). The van der Waals surface area contributed by atoms with Crippen LogP contribution in [-0.2, 0) is 14.3 Å². The predicted molar refractivity (Wildman–Crippen MR) is 207 cm³/mol. The Labute approximate surface area is 310 Å². The molecule has 1 fully saturated rings. The molecule has 296 valence electrons. The van der Waals surface area contributed by atoms with Crippen molar-refractivity contribution in [3.63, 3.8) is 0 Å². The lowest BCUT2D eigenvalue weighted by molar-refractivity contribution is -0.302. The second-order valence-corrected chi connectivity index (χ2v) is 14.1. The first-order valence-corrected chi connectivity index (χ1v) is 20.4. The first-order valence-electron chi connectivity index (χ1n) is 20.4. The van der Waals surface area contributed by atoms with E-state index in [0.717, 1.165) is 44.9 Å². The lowest BCUT2D eigenvalue weighted by atomic mass is 9.99. The molecule has 0 spiro atoms. The van der Waals surface area contributed by atoms with E-state index in [1.807, 2.05) is 6.08 Å². The number of hydrogen-bond acceptors (Lipinski definition) is 8. The van der Waals surface area contributed by atoms with Crippen LogP contribution in [0, 0.1) is 0 Å². The maximum absolute atomic E-state index is 12.8. The van der Waals surface area contributed by atoms with Gasteiger partial charge in [0.15, 0.2) is 6.29 Å². The van der Waals surface area contributed by atoms with E-state index >= 15 is 0 Å². The summed E-state index contributed by atoms with van der Waals surface area (Å²) in [6.45, 7) is 3.66. The zero-order valence-electron chi connectivity index (χ0n) is 32.1. The number of unbranched alkanes of at least 4 members (excludes halogenated alkanes) is 16. The minimum atomic E-state index is -1.58. The molecule has 0 saturated carbocycles. The van der Waals surface area contributed by atoms with Gasteiger partial charge >= 0.3 is 0 Å². The van der Waals surface area contributed by atoms with Gasteiger partial charge in [0, 0.05) is 6.42 Å². The molecular weight excluding hydrogens is 646 g/mol. The van der Waals surface area contributed by atoms with Crippen molar-refractivity contribution in [2.45, 2.75) is 198 Å². The Morgan fingerprint density at radius 2 is 1.12 bits per heavy atom. The summed E-state index contributed by atoms with van der Waals surface area (Å²) in [4.78, 5) is 12.8. The molecule has 9 heteroatoms. The van der Waals surface area contributed by atoms with Crippen LogP contribution in [0.3, 0.4) is 0 Å². The molecule has 1 aliphatic heterocycles. The number of aliphatic hydroxyl groups is 5. The molecule has 0 aromatic rings. The Morgan fingerprint density at radius 3 is 1.67 bits per heavy atom. The van der Waals surface area contributed by atoms with Crippen LogP contribution in [0.25, 0.3) is 0 Å². The SMILES string of the molecule is CCCCCC/C=C\CCCC(=O)NC(COC1OC(CO)C(O)C(O)C1O)C(O)/C=C/CC/C=C/CC/C=C/CCCCCCCCCCC. The van der Waals surface area contributed by atoms with E-state index in [4.69, 9.17) is 9.47 Å². The fourth-order valence-corrected chi connectivity index (χ4v) is 6.01. The molecule has 51 heavy (non-hydrogen) atoms. The van der Waals surface area contributed by atoms with Crippen LogP contribution in [0.15, 0.2) is 48.6 Å². The number of nitrogens with one attached hydrogen (secondary N) is 1. The van der Waals surface area contributed by atoms with E-state index in [-0.39, 0.29) is 18.9 Å². The molecule has 0 radical (unpaired) electrons. The summed E-state index contributed by atoms with van der Waals surface area (Å²) < 4.78 is 11.1. The smallest absolute Gasteiger partial charge is 0.220 e. The third-order valence-corrected chi connectivity index (χ3v) is 9.35. The second kappa shape index (κ2) is 32.8. The van der Waals surface area contributed by atoms with Gasteiger partial charge in [-0.05, 0) is 64.2 Å². The number of ether oxygens (including phenoxy) is 2. The molecule has 7 unspecified atom stereocenters. The third-order valence-electron chi connectivity index (χ3n) is 9.35. The van der Waals surface area contributed by atoms with Gasteiger partial charge in [-0.15, -0.1) is 0 Å². The highest BCUT2D eigenvalue weighted by Crippen LogP contribution is 2.22. The molecule has 0 bridgehead atoms. The number of carbonyl (C=O) groups is 1. The highest BCUT2D eigenvalue weighted by atomic mass is 16.7. The van der Waals surface area contributed by atoms with Crippen LogP contribution in [0.5, 0.6) is 0 Å². The fourth-order valence-electron chi connectivity index (χ4n) is 6.01. The van der Waals surface area contributed by atoms with Gasteiger partial charge in [-0.3, -0.25) is 4.79 Å². The number of allylic oxidation sites excluding steroid dienone is 7. The van der Waals surface area contributed by atoms with Crippen molar-refractivity contribution in [1.29, 1.82) is 0 Å². The lowest BCUT2D eigenvalue weighted by Crippen LogP contribution is -2.60. The normalized spacial score (nSPS) is 22.5. The average molecular weight is 722 g/mol. The van der Waals surface area contributed by atoms with Gasteiger partial charge in [0.2, 0.25) is 5.91 Å². The molecule has 1 amide bonds. The third kappa shape index (κ3) is 24.2. The summed E-state index contributed by atoms with van der Waals surface area (Å²) in [5.74, 6) is -0.230. The summed E-state index contributed by atoms with van der Waals surface area (Å²) in [7, 11) is 0. The van der Waals surface area contributed by atoms with Crippen LogP contribution >= 0.6 is 0 Å². The Balaban J connectivity index is 2.45. The Hall–Kier alpha value is -1.85. The molecule has 0 aliphatic carbocycles. The molecule has 0 aromatic carbocycles. The predicted octanol–water partition coefficient (Wildman–Crippen LogP) is 7.50. The van der Waals surface area contributed by atoms with E-state index in [9.17, 15) is 30.3 Å². The summed E-state index contributed by atoms with van der Waals surface area (Å²) in [6, 6.07) is -0.840. The fraction of sp³-hybridized carbons (Fsp3) is 0.786. The Morgan fingerprint density at radius 1 is 0.647 bits per heavy atom. The maximum Gasteiger partial charge on any atom is 0.220 e. The molecule has 1 heterocycles. The van der Waals surface area contributed by atoms with Gasteiger partial charge in [-0.2, -0.15) is 0 Å². The van der Waals surface area contributed by atoms with Crippen LogP contribution in [0.1, 0.15) is 155 Å². The molecule has 7 atom stereocenters. The van der Waals surface area contributed by atoms with Crippen LogP contribution < -0.4 is 5.32 Å². The molecule has 1 aliphatic rings. The van der Waals surface area contributed by atoms with Crippen LogP contribution in [0.4, 0.5) is 0 Å². The van der Waals surface area contributed by atoms with E-state index < -0.39 is 49.5 Å². The number of amides is 1. The van der Waals surface area contributed by atoms with E-state index in [2.05, 4.69) is 55.6 Å². The number of rotatable bonds is 32. The first-order chi connectivity index (χ1) is 24.8. The van der Waals surface area contributed by atoms with Crippen LogP contribution in [-0.4, -0.2) is 87.5 Å². The van der Waals surface area contributed by atoms with Crippen molar-refractivity contribution in [2.24, 2.45) is 0 Å². The second-order valence-electron chi connectivity index (χ2n) is 14.1. The average Bonchev–Trinajstić information content (AvgIpc) is 3.13. The Bertz CT molecular complexity index is 936. The van der Waals surface area contributed by atoms with Crippen molar-refractivity contribution in [1.82, 2.24) is 5.32 Å². The van der Waals surface area contributed by atoms with Gasteiger partial charge in [0.05, 0.1) is 25.4 Å². The summed E-state index contributed by atoms with van der Waals surface area (Å²) in [5, 5.41) is 53.8. The van der Waals surface area contributed by atoms with E-state index in [1.165, 1.54) is 83.5 Å². The largest absolute Gasteiger partial charge is 0.394 e. The minimum Gasteiger partial charge on any atom is -0.394 e. The number of hydrogen-bond donors (Lipinski definition) is 6. The maximum atomic E-state index is 12.8. The standard InChI is InChI=1S/C42H75NO8/c1-3-5-7-9-11-13-14-15-16-17-18-19-20-21-22-24-25-27-29-31-36(45)35(34-50-42-41(49)40(48)39(47)37(33-44)51-42)43-38(46)32-30-28-26-23-12-10-8-6-4-2/h18-19,22-24,26,29,31,35-37,39-42,44-45,47-49H,3-17,20-21,25,27-28,30,32-34H2,1-2H3,(H,43,46)/b19-18+,24-22+,26-23-,31-29+. The lowest BCUT2D eigenvalue weighted by Gasteiger charge is -2.40. The van der Waals surface area contributed by atoms with E-state index in [1.54, 1.807) is 6.08 Å². The summed E-state index contributed by atoms with van der Waals surface area (Å²) in [6.07, 6.45) is 33.2. The van der Waals surface area contributed by atoms with Gasteiger partial charge in [0.1, 0.15) is 24.4 Å². The van der Waals surface area contributed by atoms with Gasteiger partial charge < -0.3 is 40.3 Å². The summed E-state index contributed by atoms with van der Waals surface area (Å²) >= 11 is 0. The minimum absolute atomic E-state index is 0.218. The zero-order valence-corrected chi connectivity index (χ0v) is 32.1. The van der Waals surface area contributed by atoms with Crippen molar-refractivity contribution in [2.75, 3.05) is 13.2 Å². The highest BCUT2D eigenvalue weighted by Gasteiger charge is 2.44. The monoisotopic (exact) mass is 722 g/mol. The summed E-state index contributed by atoms with van der Waals surface area (Å²) in [5.41, 5.74) is 0. The van der Waals surface area contributed by atoms with Crippen molar-refractivity contribution >= 4 is 5.91 Å². The van der Waals surface area contributed by atoms with Crippen molar-refractivity contribution in [3.8, 4) is 0 Å². The van der Waals surface area contributed by atoms with E-state index in [0.29, 0.717) is 6.42 Å². The van der Waals surface area contributed by atoms with Crippen LogP contribution in [0.2, 0.25) is 0 Å². The highest BCUT2D eigenvalue weighted by molar-refractivity contribution is 5.76. The first kappa shape index (κ1) is 47.2. The zero-order chi connectivity index (χ0) is 37.4. The molecule has 6 N–H and O–H groups in total. The van der Waals surface area contributed by atoms with Gasteiger partial charge in [0.25, 0.3) is 0 Å². The molecule has 1 saturated heterocycles. The molecule has 0 aromatic heterocycles. The molecular formula is C42H75NO8. The topological polar surface area (TPSA) is 149 Å². The number of aliphatic hydroxyl groups excluding tert-OH is 5. The quantitative estimate of drug-likeness (QED) is 0.0309. The van der Waals surface area contributed by atoms with Crippen molar-refractivity contribution < 1.29 is 39.8 Å². The van der Waals surface area contributed by atoms with Crippen molar-refractivity contribution in [3.05, 3.63) is 48.6 Å². The van der Waals surface area contributed by atoms with Gasteiger partial charge in [-0.25, -0.2) is 0 Å². The van der Waals surface area contributed by atoms with Gasteiger partial charge in [-0.1, -0.05) is 133 Å². The molecule has 9 nitrogen and oxygen atoms in total.